The lowest BCUT2D eigenvalue weighted by atomic mass is 9.98. The monoisotopic (exact) mass is 302 g/mol. The summed E-state index contributed by atoms with van der Waals surface area (Å²) in [7, 11) is 0. The van der Waals surface area contributed by atoms with Crippen LogP contribution in [0.4, 0.5) is 0 Å². The van der Waals surface area contributed by atoms with Crippen molar-refractivity contribution in [3.8, 4) is 0 Å². The quantitative estimate of drug-likeness (QED) is 0.613. The van der Waals surface area contributed by atoms with Crippen LogP contribution >= 0.6 is 11.6 Å². The number of amides is 1. The zero-order valence-corrected chi connectivity index (χ0v) is 13.2. The number of hydrogen-bond donors (Lipinski definition) is 0. The molecule has 21 heavy (non-hydrogen) atoms. The number of fused-ring (bicyclic) bond motifs is 1. The maximum Gasteiger partial charge on any atom is 0.258 e. The molecule has 3 nitrogen and oxygen atoms in total. The molecule has 0 bridgehead atoms. The molecular formula is C17H19ClN2O. The van der Waals surface area contributed by atoms with Crippen LogP contribution in [0.2, 0.25) is 5.02 Å². The van der Waals surface area contributed by atoms with Crippen molar-refractivity contribution in [2.45, 2.75) is 20.3 Å². The minimum absolute atomic E-state index is 0.0301. The van der Waals surface area contributed by atoms with Crippen molar-refractivity contribution in [1.82, 2.24) is 4.90 Å². The molecule has 1 heterocycles. The molecule has 1 aliphatic heterocycles. The van der Waals surface area contributed by atoms with E-state index in [0.717, 1.165) is 23.3 Å². The van der Waals surface area contributed by atoms with Crippen LogP contribution in [0.5, 0.6) is 0 Å². The summed E-state index contributed by atoms with van der Waals surface area (Å²) < 4.78 is 0. The Labute approximate surface area is 130 Å². The molecule has 0 radical (unpaired) electrons. The van der Waals surface area contributed by atoms with Gasteiger partial charge in [-0.15, -0.1) is 0 Å². The molecule has 1 aromatic rings. The average Bonchev–Trinajstić information content (AvgIpc) is 2.50. The zero-order chi connectivity index (χ0) is 15.4. The van der Waals surface area contributed by atoms with Crippen LogP contribution < -0.4 is 0 Å². The first-order chi connectivity index (χ1) is 10.1. The summed E-state index contributed by atoms with van der Waals surface area (Å²) in [5, 5.41) is 0.661. The summed E-state index contributed by atoms with van der Waals surface area (Å²) >= 11 is 6.18. The van der Waals surface area contributed by atoms with Gasteiger partial charge >= 0.3 is 0 Å². The van der Waals surface area contributed by atoms with E-state index >= 15 is 0 Å². The van der Waals surface area contributed by atoms with Crippen LogP contribution in [-0.4, -0.2) is 30.1 Å². The third kappa shape index (κ3) is 3.08. The summed E-state index contributed by atoms with van der Waals surface area (Å²) in [5.74, 6) is -0.0301. The number of aliphatic imine (C=N–C) groups is 1. The highest BCUT2D eigenvalue weighted by atomic mass is 35.5. The number of halogens is 1. The Bertz CT molecular complexity index is 632. The van der Waals surface area contributed by atoms with E-state index in [9.17, 15) is 4.79 Å². The van der Waals surface area contributed by atoms with Crippen molar-refractivity contribution in [2.24, 2.45) is 4.99 Å². The Hall–Kier alpha value is -1.87. The molecule has 1 aliphatic rings. The standard InChI is InChI=1S/C17H19ClN2O/c1-4-12(3)16(11-19-5-2)20-10-9-13-14(17(20)21)7-6-8-15(13)18/h4,6-8,11H,1,5,9-10H2,2-3H3/b16-12+,19-11?. The molecule has 2 rings (SSSR count). The zero-order valence-electron chi connectivity index (χ0n) is 12.4. The lowest BCUT2D eigenvalue weighted by molar-refractivity contribution is 0.0800. The topological polar surface area (TPSA) is 32.7 Å². The molecule has 4 heteroatoms. The molecular weight excluding hydrogens is 284 g/mol. The van der Waals surface area contributed by atoms with E-state index in [4.69, 9.17) is 11.6 Å². The van der Waals surface area contributed by atoms with E-state index in [2.05, 4.69) is 11.6 Å². The number of carbonyl (C=O) groups excluding carboxylic acids is 1. The minimum Gasteiger partial charge on any atom is -0.306 e. The lowest BCUT2D eigenvalue weighted by Gasteiger charge is -2.30. The van der Waals surface area contributed by atoms with Gasteiger partial charge in [-0.1, -0.05) is 30.3 Å². The third-order valence-corrected chi connectivity index (χ3v) is 3.93. The van der Waals surface area contributed by atoms with Crippen molar-refractivity contribution in [3.63, 3.8) is 0 Å². The molecule has 0 atom stereocenters. The predicted octanol–water partition coefficient (Wildman–Crippen LogP) is 3.89. The van der Waals surface area contributed by atoms with E-state index in [1.165, 1.54) is 0 Å². The highest BCUT2D eigenvalue weighted by Gasteiger charge is 2.28. The molecule has 1 aromatic carbocycles. The first-order valence-corrected chi connectivity index (χ1v) is 7.40. The fraction of sp³-hybridized carbons (Fsp3) is 0.294. The molecule has 0 saturated carbocycles. The number of allylic oxidation sites excluding steroid dienone is 3. The summed E-state index contributed by atoms with van der Waals surface area (Å²) in [4.78, 5) is 18.8. The van der Waals surface area contributed by atoms with Crippen molar-refractivity contribution < 1.29 is 4.79 Å². The molecule has 0 N–H and O–H groups in total. The SMILES string of the molecule is C=C/C(C)=C(\C=NCC)N1CCc2c(Cl)cccc2C1=O. The molecule has 0 fully saturated rings. The number of benzene rings is 1. The van der Waals surface area contributed by atoms with Crippen LogP contribution in [0.15, 0.2) is 47.1 Å². The minimum atomic E-state index is -0.0301. The maximum absolute atomic E-state index is 12.7. The lowest BCUT2D eigenvalue weighted by Crippen LogP contribution is -2.38. The first-order valence-electron chi connectivity index (χ1n) is 7.02. The normalized spacial score (nSPS) is 16.0. The maximum atomic E-state index is 12.7. The van der Waals surface area contributed by atoms with E-state index in [-0.39, 0.29) is 5.91 Å². The van der Waals surface area contributed by atoms with Gasteiger partial charge in [-0.2, -0.15) is 0 Å². The van der Waals surface area contributed by atoms with Gasteiger partial charge in [-0.05, 0) is 43.5 Å². The van der Waals surface area contributed by atoms with Gasteiger partial charge in [0.15, 0.2) is 0 Å². The largest absolute Gasteiger partial charge is 0.306 e. The van der Waals surface area contributed by atoms with Crippen LogP contribution in [0.3, 0.4) is 0 Å². The Morgan fingerprint density at radius 3 is 2.95 bits per heavy atom. The fourth-order valence-corrected chi connectivity index (χ4v) is 2.65. The fourth-order valence-electron chi connectivity index (χ4n) is 2.38. The first kappa shape index (κ1) is 15.5. The van der Waals surface area contributed by atoms with Crippen molar-refractivity contribution in [1.29, 1.82) is 0 Å². The number of nitrogens with zero attached hydrogens (tertiary/aromatic N) is 2. The van der Waals surface area contributed by atoms with Gasteiger partial charge in [-0.25, -0.2) is 0 Å². The van der Waals surface area contributed by atoms with E-state index in [1.54, 1.807) is 17.2 Å². The van der Waals surface area contributed by atoms with Crippen molar-refractivity contribution in [3.05, 3.63) is 58.3 Å². The molecule has 1 amide bonds. The number of rotatable bonds is 4. The van der Waals surface area contributed by atoms with Crippen LogP contribution in [0.1, 0.15) is 29.8 Å². The molecule has 0 saturated heterocycles. The van der Waals surface area contributed by atoms with Crippen LogP contribution in [0, 0.1) is 0 Å². The Balaban J connectivity index is 2.44. The summed E-state index contributed by atoms with van der Waals surface area (Å²) in [5.41, 5.74) is 3.35. The Morgan fingerprint density at radius 2 is 2.29 bits per heavy atom. The summed E-state index contributed by atoms with van der Waals surface area (Å²) in [6.07, 6.45) is 4.25. The highest BCUT2D eigenvalue weighted by molar-refractivity contribution is 6.32. The molecule has 0 unspecified atom stereocenters. The summed E-state index contributed by atoms with van der Waals surface area (Å²) in [6, 6.07) is 5.47. The smallest absolute Gasteiger partial charge is 0.258 e. The Morgan fingerprint density at radius 1 is 1.52 bits per heavy atom. The van der Waals surface area contributed by atoms with E-state index < -0.39 is 0 Å². The number of carbonyl (C=O) groups is 1. The van der Waals surface area contributed by atoms with Gasteiger partial charge in [0.25, 0.3) is 5.91 Å². The second-order valence-electron chi connectivity index (χ2n) is 4.87. The van der Waals surface area contributed by atoms with Crippen LogP contribution in [-0.2, 0) is 6.42 Å². The highest BCUT2D eigenvalue weighted by Crippen LogP contribution is 2.28. The average molecular weight is 303 g/mol. The van der Waals surface area contributed by atoms with Gasteiger partial charge in [0.2, 0.25) is 0 Å². The van der Waals surface area contributed by atoms with Crippen LogP contribution in [0.25, 0.3) is 0 Å². The van der Waals surface area contributed by atoms with E-state index in [1.807, 2.05) is 32.0 Å². The molecule has 0 spiro atoms. The van der Waals surface area contributed by atoms with Gasteiger partial charge in [0.05, 0.1) is 5.70 Å². The second-order valence-corrected chi connectivity index (χ2v) is 5.28. The van der Waals surface area contributed by atoms with Gasteiger partial charge in [-0.3, -0.25) is 9.79 Å². The predicted molar refractivity (Wildman–Crippen MR) is 88.1 cm³/mol. The van der Waals surface area contributed by atoms with E-state index in [0.29, 0.717) is 23.7 Å². The summed E-state index contributed by atoms with van der Waals surface area (Å²) in [6.45, 7) is 8.97. The van der Waals surface area contributed by atoms with Crippen molar-refractivity contribution >= 4 is 23.7 Å². The third-order valence-electron chi connectivity index (χ3n) is 3.58. The molecule has 110 valence electrons. The Kier molecular flexibility index (Phi) is 4.97. The van der Waals surface area contributed by atoms with Gasteiger partial charge in [0, 0.05) is 29.9 Å². The molecule has 0 aromatic heterocycles. The molecule has 0 aliphatic carbocycles. The second kappa shape index (κ2) is 6.72. The van der Waals surface area contributed by atoms with Gasteiger partial charge < -0.3 is 4.90 Å². The van der Waals surface area contributed by atoms with Gasteiger partial charge in [0.1, 0.15) is 0 Å². The van der Waals surface area contributed by atoms with Crippen molar-refractivity contribution in [2.75, 3.05) is 13.1 Å². The number of hydrogen-bond acceptors (Lipinski definition) is 2.